The standard InChI is InChI=1S/C37H37ClF3N5O2/c1-5-6-27-8-9-29(21-33(27)38)44-34-10-7-23(2)19-31(35(45-34)46-17-13-32(24(46)3)37(39,40)41)28-20-30(25(4)47)36(43-22-28)48-18-14-26-11-15-42-16-12-26/h5-6,8-9,11-13,15-17,19-22,25,47H,7,10,14,18H2,1-4H3,(H,44,45). The summed E-state index contributed by atoms with van der Waals surface area (Å²) >= 11 is 6.52. The second-order valence-electron chi connectivity index (χ2n) is 11.6. The molecule has 4 aromatic rings. The van der Waals surface area contributed by atoms with Crippen LogP contribution in [0.5, 0.6) is 5.88 Å². The van der Waals surface area contributed by atoms with Crippen molar-refractivity contribution in [2.24, 2.45) is 4.99 Å². The first-order valence-electron chi connectivity index (χ1n) is 15.6. The van der Waals surface area contributed by atoms with E-state index in [0.29, 0.717) is 59.1 Å². The third-order valence-corrected chi connectivity index (χ3v) is 8.29. The van der Waals surface area contributed by atoms with Gasteiger partial charge >= 0.3 is 6.18 Å². The molecule has 0 aliphatic carbocycles. The molecule has 5 rings (SSSR count). The normalized spacial score (nSPS) is 14.8. The number of aliphatic hydroxyl groups is 1. The van der Waals surface area contributed by atoms with Gasteiger partial charge in [-0.3, -0.25) is 4.98 Å². The van der Waals surface area contributed by atoms with Gasteiger partial charge < -0.3 is 19.7 Å². The first-order valence-corrected chi connectivity index (χ1v) is 16.0. The van der Waals surface area contributed by atoms with Crippen LogP contribution in [0.25, 0.3) is 17.5 Å². The zero-order valence-corrected chi connectivity index (χ0v) is 27.9. The van der Waals surface area contributed by atoms with Crippen molar-refractivity contribution in [2.45, 2.75) is 59.2 Å². The number of amidine groups is 1. The maximum absolute atomic E-state index is 14.0. The van der Waals surface area contributed by atoms with Crippen molar-refractivity contribution in [2.75, 3.05) is 11.9 Å². The minimum Gasteiger partial charge on any atom is -0.477 e. The third-order valence-electron chi connectivity index (χ3n) is 7.96. The van der Waals surface area contributed by atoms with Crippen molar-refractivity contribution in [3.63, 3.8) is 0 Å². The lowest BCUT2D eigenvalue weighted by molar-refractivity contribution is -0.138. The quantitative estimate of drug-likeness (QED) is 0.185. The first kappa shape index (κ1) is 34.7. The van der Waals surface area contributed by atoms with Crippen LogP contribution in [-0.4, -0.2) is 32.1 Å². The summed E-state index contributed by atoms with van der Waals surface area (Å²) in [6, 6.07) is 12.2. The van der Waals surface area contributed by atoms with Gasteiger partial charge in [0, 0.05) is 70.7 Å². The molecule has 11 heteroatoms. The Hall–Kier alpha value is -4.67. The zero-order valence-electron chi connectivity index (χ0n) is 27.1. The Balaban J connectivity index is 1.62. The number of aliphatic imine (C=N–C) groups is 1. The topological polar surface area (TPSA) is 84.6 Å². The molecule has 7 nitrogen and oxygen atoms in total. The number of aromatic nitrogens is 3. The predicted octanol–water partition coefficient (Wildman–Crippen LogP) is 9.54. The summed E-state index contributed by atoms with van der Waals surface area (Å²) in [5.74, 6) is 1.09. The van der Waals surface area contributed by atoms with Crippen molar-refractivity contribution in [1.82, 2.24) is 14.5 Å². The second kappa shape index (κ2) is 15.0. The molecule has 0 saturated heterocycles. The van der Waals surface area contributed by atoms with Crippen molar-refractivity contribution < 1.29 is 23.0 Å². The molecule has 3 aromatic heterocycles. The van der Waals surface area contributed by atoms with E-state index in [1.54, 1.807) is 37.6 Å². The average molecular weight is 676 g/mol. The maximum Gasteiger partial charge on any atom is 0.418 e. The summed E-state index contributed by atoms with van der Waals surface area (Å²) in [5, 5.41) is 14.7. The van der Waals surface area contributed by atoms with Crippen molar-refractivity contribution in [3.05, 3.63) is 124 Å². The molecule has 250 valence electrons. The van der Waals surface area contributed by atoms with Crippen LogP contribution in [0.15, 0.2) is 90.0 Å². The fourth-order valence-corrected chi connectivity index (χ4v) is 5.65. The highest BCUT2D eigenvalue weighted by Gasteiger charge is 2.34. The Morgan fingerprint density at radius 1 is 1.10 bits per heavy atom. The van der Waals surface area contributed by atoms with Crippen LogP contribution in [0.1, 0.15) is 73.2 Å². The van der Waals surface area contributed by atoms with E-state index >= 15 is 0 Å². The Bertz CT molecular complexity index is 1890. The number of anilines is 1. The van der Waals surface area contributed by atoms with E-state index in [9.17, 15) is 18.3 Å². The van der Waals surface area contributed by atoms with E-state index in [1.807, 2.05) is 56.3 Å². The van der Waals surface area contributed by atoms with Crippen molar-refractivity contribution in [3.8, 4) is 5.88 Å². The van der Waals surface area contributed by atoms with E-state index in [4.69, 9.17) is 21.3 Å². The molecule has 0 fully saturated rings. The fraction of sp³-hybridized carbons (Fsp3) is 0.270. The van der Waals surface area contributed by atoms with Gasteiger partial charge in [0.15, 0.2) is 0 Å². The van der Waals surface area contributed by atoms with Crippen LogP contribution in [0, 0.1) is 6.92 Å². The molecule has 0 spiro atoms. The molecular weight excluding hydrogens is 639 g/mol. The molecule has 1 aliphatic heterocycles. The summed E-state index contributed by atoms with van der Waals surface area (Å²) in [6.45, 7) is 7.23. The molecule has 2 N–H and O–H groups in total. The molecule has 48 heavy (non-hydrogen) atoms. The highest BCUT2D eigenvalue weighted by Crippen LogP contribution is 2.37. The van der Waals surface area contributed by atoms with Crippen LogP contribution >= 0.6 is 11.6 Å². The average Bonchev–Trinajstić information content (AvgIpc) is 3.44. The number of rotatable bonds is 9. The van der Waals surface area contributed by atoms with E-state index < -0.39 is 17.8 Å². The summed E-state index contributed by atoms with van der Waals surface area (Å²) in [7, 11) is 0. The van der Waals surface area contributed by atoms with Crippen LogP contribution < -0.4 is 10.1 Å². The number of pyridine rings is 2. The first-order chi connectivity index (χ1) is 22.9. The number of nitrogens with zero attached hydrogens (tertiary/aromatic N) is 4. The lowest BCUT2D eigenvalue weighted by Gasteiger charge is -2.21. The zero-order chi connectivity index (χ0) is 34.4. The van der Waals surface area contributed by atoms with Gasteiger partial charge in [0.25, 0.3) is 0 Å². The van der Waals surface area contributed by atoms with Crippen LogP contribution in [0.4, 0.5) is 18.9 Å². The van der Waals surface area contributed by atoms with E-state index in [0.717, 1.165) is 22.8 Å². The minimum atomic E-state index is -4.55. The second-order valence-corrected chi connectivity index (χ2v) is 12.0. The predicted molar refractivity (Wildman–Crippen MR) is 186 cm³/mol. The van der Waals surface area contributed by atoms with Gasteiger partial charge in [0.1, 0.15) is 11.7 Å². The highest BCUT2D eigenvalue weighted by molar-refractivity contribution is 6.32. The lowest BCUT2D eigenvalue weighted by Crippen LogP contribution is -2.16. The molecule has 1 aromatic carbocycles. The molecule has 4 heterocycles. The van der Waals surface area contributed by atoms with Gasteiger partial charge in [-0.15, -0.1) is 0 Å². The molecule has 1 atom stereocenters. The van der Waals surface area contributed by atoms with Crippen LogP contribution in [0.3, 0.4) is 0 Å². The van der Waals surface area contributed by atoms with Gasteiger partial charge in [0.05, 0.1) is 18.3 Å². The van der Waals surface area contributed by atoms with E-state index in [2.05, 4.69) is 15.3 Å². The summed E-state index contributed by atoms with van der Waals surface area (Å²) < 4.78 is 49.4. The number of hydrogen-bond acceptors (Lipinski definition) is 6. The molecule has 0 saturated carbocycles. The van der Waals surface area contributed by atoms with Crippen molar-refractivity contribution in [1.29, 1.82) is 0 Å². The summed E-state index contributed by atoms with van der Waals surface area (Å²) in [5.41, 5.74) is 4.36. The third kappa shape index (κ3) is 8.24. The van der Waals surface area contributed by atoms with Gasteiger partial charge in [-0.05, 0) is 81.6 Å². The molecular formula is C37H37ClF3N5O2. The largest absolute Gasteiger partial charge is 0.477 e. The summed E-state index contributed by atoms with van der Waals surface area (Å²) in [6.07, 6.45) is 8.39. The van der Waals surface area contributed by atoms with E-state index in [-0.39, 0.29) is 17.4 Å². The number of alkyl halides is 3. The Morgan fingerprint density at radius 2 is 1.88 bits per heavy atom. The number of halogens is 4. The van der Waals surface area contributed by atoms with Gasteiger partial charge in [0.2, 0.25) is 5.88 Å². The summed E-state index contributed by atoms with van der Waals surface area (Å²) in [4.78, 5) is 13.6. The SMILES string of the molecule is CC=Cc1ccc(NC2=NC(n3ccc(C(F)(F)F)c3C)=C(c3cnc(OCCc4ccncc4)c(C(C)O)c3)C=C(C)CC2)cc1Cl. The lowest BCUT2D eigenvalue weighted by atomic mass is 9.98. The molecule has 0 bridgehead atoms. The fourth-order valence-electron chi connectivity index (χ4n) is 5.41. The Kier molecular flexibility index (Phi) is 10.9. The van der Waals surface area contributed by atoms with Crippen LogP contribution in [0.2, 0.25) is 5.02 Å². The smallest absolute Gasteiger partial charge is 0.418 e. The van der Waals surface area contributed by atoms with Crippen molar-refractivity contribution >= 4 is 40.6 Å². The number of nitrogens with one attached hydrogen (secondary N) is 1. The Labute approximate surface area is 283 Å². The molecule has 0 amide bonds. The monoisotopic (exact) mass is 675 g/mol. The highest BCUT2D eigenvalue weighted by atomic mass is 35.5. The number of allylic oxidation sites excluding steroid dienone is 4. The van der Waals surface area contributed by atoms with Gasteiger partial charge in [-0.2, -0.15) is 13.2 Å². The maximum atomic E-state index is 14.0. The molecule has 1 unspecified atom stereocenters. The Morgan fingerprint density at radius 3 is 2.54 bits per heavy atom. The number of benzene rings is 1. The van der Waals surface area contributed by atoms with Gasteiger partial charge in [-0.1, -0.05) is 41.5 Å². The number of ether oxygens (including phenoxy) is 1. The molecule has 0 radical (unpaired) electrons. The van der Waals surface area contributed by atoms with Crippen LogP contribution in [-0.2, 0) is 12.6 Å². The minimum absolute atomic E-state index is 0.0109. The van der Waals surface area contributed by atoms with Gasteiger partial charge in [-0.25, -0.2) is 9.98 Å². The number of aliphatic hydroxyl groups excluding tert-OH is 1. The molecule has 1 aliphatic rings. The number of hydrogen-bond donors (Lipinski definition) is 2. The van der Waals surface area contributed by atoms with E-state index in [1.165, 1.54) is 17.7 Å².